The Hall–Kier alpha value is -3.88. The van der Waals surface area contributed by atoms with Gasteiger partial charge in [0.1, 0.15) is 11.5 Å². The summed E-state index contributed by atoms with van der Waals surface area (Å²) >= 11 is 3.41. The van der Waals surface area contributed by atoms with Gasteiger partial charge in [0, 0.05) is 49.1 Å². The zero-order chi connectivity index (χ0) is 36.7. The Labute approximate surface area is 308 Å². The van der Waals surface area contributed by atoms with Gasteiger partial charge in [0.05, 0.1) is 16.4 Å². The van der Waals surface area contributed by atoms with E-state index < -0.39 is 5.67 Å². The van der Waals surface area contributed by atoms with Gasteiger partial charge in [-0.2, -0.15) is 0 Å². The van der Waals surface area contributed by atoms with Crippen LogP contribution in [0.15, 0.2) is 107 Å². The highest BCUT2D eigenvalue weighted by Crippen LogP contribution is 2.30. The maximum atomic E-state index is 13.8. The minimum absolute atomic E-state index is 0.719. The molecule has 5 rings (SSSR count). The van der Waals surface area contributed by atoms with Crippen LogP contribution in [0.2, 0.25) is 0 Å². The Bertz CT molecular complexity index is 1730. The second-order valence-electron chi connectivity index (χ2n) is 12.4. The molecule has 2 aromatic carbocycles. The molecule has 3 heterocycles. The second-order valence-corrected chi connectivity index (χ2v) is 14.4. The number of alkyl halides is 1. The minimum Gasteiger partial charge on any atom is -0.323 e. The number of aryl methyl sites for hydroxylation is 3. The van der Waals surface area contributed by atoms with Gasteiger partial charge in [0.2, 0.25) is 0 Å². The number of thioether (sulfide) groups is 1. The number of allylic oxidation sites excluding steroid dienone is 2. The summed E-state index contributed by atoms with van der Waals surface area (Å²) in [6.07, 6.45) is 11.9. The maximum Gasteiger partial charge on any atom is 0.169 e. The molecular formula is C42H54FN5S2. The van der Waals surface area contributed by atoms with Crippen molar-refractivity contribution in [2.75, 3.05) is 6.54 Å². The lowest BCUT2D eigenvalue weighted by atomic mass is 9.96. The average molecular weight is 712 g/mol. The highest BCUT2D eigenvalue weighted by Gasteiger charge is 2.21. The number of hydrogen-bond donors (Lipinski definition) is 0. The quantitative estimate of drug-likeness (QED) is 0.145. The van der Waals surface area contributed by atoms with Gasteiger partial charge >= 0.3 is 0 Å². The molecule has 1 aliphatic heterocycles. The topological polar surface area (TPSA) is 54.3 Å². The Morgan fingerprint density at radius 2 is 1.56 bits per heavy atom. The third-order valence-corrected chi connectivity index (χ3v) is 9.54. The Morgan fingerprint density at radius 3 is 2.06 bits per heavy atom. The van der Waals surface area contributed by atoms with Crippen molar-refractivity contribution < 1.29 is 4.39 Å². The van der Waals surface area contributed by atoms with Crippen molar-refractivity contribution in [2.45, 2.75) is 99.4 Å². The molecule has 0 N–H and O–H groups in total. The van der Waals surface area contributed by atoms with Gasteiger partial charge in [-0.3, -0.25) is 0 Å². The van der Waals surface area contributed by atoms with E-state index in [9.17, 15) is 4.39 Å². The van der Waals surface area contributed by atoms with Gasteiger partial charge in [0.25, 0.3) is 0 Å². The molecule has 0 saturated carbocycles. The number of halogens is 1. The number of hydrogen-bond acceptors (Lipinski definition) is 7. The molecule has 1 aliphatic rings. The van der Waals surface area contributed by atoms with Crippen LogP contribution in [0.5, 0.6) is 0 Å². The van der Waals surface area contributed by atoms with E-state index in [0.717, 1.165) is 87.6 Å². The second kappa shape index (κ2) is 20.1. The molecule has 0 saturated heterocycles. The molecule has 0 unspecified atom stereocenters. The van der Waals surface area contributed by atoms with Crippen LogP contribution in [-0.2, 0) is 30.7 Å². The number of rotatable bonds is 11. The van der Waals surface area contributed by atoms with E-state index in [1.807, 2.05) is 64.4 Å². The van der Waals surface area contributed by atoms with Crippen LogP contribution < -0.4 is 0 Å². The van der Waals surface area contributed by atoms with E-state index in [-0.39, 0.29) is 0 Å². The van der Waals surface area contributed by atoms with Gasteiger partial charge < -0.3 is 4.90 Å². The van der Waals surface area contributed by atoms with Crippen molar-refractivity contribution in [2.24, 2.45) is 4.99 Å². The monoisotopic (exact) mass is 711 g/mol. The van der Waals surface area contributed by atoms with Crippen molar-refractivity contribution in [1.82, 2.24) is 19.9 Å². The van der Waals surface area contributed by atoms with E-state index in [1.54, 1.807) is 36.9 Å². The van der Waals surface area contributed by atoms with E-state index in [0.29, 0.717) is 0 Å². The number of amidine groups is 1. The van der Waals surface area contributed by atoms with E-state index >= 15 is 0 Å². The highest BCUT2D eigenvalue weighted by molar-refractivity contribution is 8.13. The van der Waals surface area contributed by atoms with Crippen molar-refractivity contribution in [3.05, 3.63) is 135 Å². The lowest BCUT2D eigenvalue weighted by Crippen LogP contribution is -2.29. The lowest BCUT2D eigenvalue weighted by molar-refractivity contribution is 0.221. The molecule has 0 amide bonds. The Morgan fingerprint density at radius 1 is 0.940 bits per heavy atom. The molecule has 4 aromatic rings. The summed E-state index contributed by atoms with van der Waals surface area (Å²) in [5.74, 6) is 1.68. The molecule has 0 aliphatic carbocycles. The molecule has 0 fully saturated rings. The van der Waals surface area contributed by atoms with Crippen LogP contribution in [0.1, 0.15) is 95.0 Å². The number of aromatic nitrogens is 3. The van der Waals surface area contributed by atoms with Gasteiger partial charge in [-0.15, -0.1) is 11.3 Å². The fraction of sp³-hybridized carbons (Fsp3) is 0.381. The summed E-state index contributed by atoms with van der Waals surface area (Å²) in [4.78, 5) is 20.7. The molecule has 266 valence electrons. The summed E-state index contributed by atoms with van der Waals surface area (Å²) in [7, 11) is 0. The van der Waals surface area contributed by atoms with Gasteiger partial charge in [0.15, 0.2) is 5.17 Å². The fourth-order valence-electron chi connectivity index (χ4n) is 5.05. The zero-order valence-electron chi connectivity index (χ0n) is 31.4. The summed E-state index contributed by atoms with van der Waals surface area (Å²) in [6, 6.07) is 16.2. The summed E-state index contributed by atoms with van der Waals surface area (Å²) in [5, 5.41) is 4.21. The van der Waals surface area contributed by atoms with E-state index in [1.165, 1.54) is 16.7 Å². The summed E-state index contributed by atoms with van der Waals surface area (Å²) in [6.45, 7) is 22.5. The van der Waals surface area contributed by atoms with E-state index in [4.69, 9.17) is 4.99 Å². The summed E-state index contributed by atoms with van der Waals surface area (Å²) in [5.41, 5.74) is 8.60. The van der Waals surface area contributed by atoms with Gasteiger partial charge in [-0.05, 0) is 73.9 Å². The highest BCUT2D eigenvalue weighted by atomic mass is 32.2. The largest absolute Gasteiger partial charge is 0.323 e. The first-order valence-electron chi connectivity index (χ1n) is 17.6. The Kier molecular flexibility index (Phi) is 16.3. The summed E-state index contributed by atoms with van der Waals surface area (Å²) < 4.78 is 13.8. The smallest absolute Gasteiger partial charge is 0.169 e. The van der Waals surface area contributed by atoms with Crippen molar-refractivity contribution in [3.63, 3.8) is 0 Å². The van der Waals surface area contributed by atoms with Crippen LogP contribution in [0.25, 0.3) is 11.1 Å². The molecule has 0 spiro atoms. The van der Waals surface area contributed by atoms with Crippen LogP contribution in [0.3, 0.4) is 0 Å². The number of aliphatic imine (C=N–C) groups is 1. The average Bonchev–Trinajstić information content (AvgIpc) is 3.54. The molecule has 2 aromatic heterocycles. The van der Waals surface area contributed by atoms with Crippen molar-refractivity contribution in [1.29, 1.82) is 0 Å². The number of thiazole rings is 1. The third kappa shape index (κ3) is 12.5. The molecule has 0 bridgehead atoms. The zero-order valence-corrected chi connectivity index (χ0v) is 33.0. The standard InChI is InChI=1S/C23H29N5S2.C17H19F.C2H6/c1-6-8-21-19(9-18-10-24-22(7-2)25-11-18)13-28(12-16(3)4)23(27-21)30-15-20-14-29-17(5)26-20;1-4-13-5-7-14(8-6-13)15-9-11-16(12-10-15)17(2,3)18;1-2/h8,10-11,13-14H,3,6-7,9,12,15H2,1-2,4-5H3;5-12H,4H2,1-3H3;1-2H3. The first kappa shape index (κ1) is 40.5. The minimum atomic E-state index is -1.27. The molecule has 0 atom stereocenters. The van der Waals surface area contributed by atoms with Gasteiger partial charge in [-0.25, -0.2) is 24.3 Å². The van der Waals surface area contributed by atoms with Crippen LogP contribution in [-0.4, -0.2) is 31.6 Å². The van der Waals surface area contributed by atoms with E-state index in [2.05, 4.69) is 89.1 Å². The molecule has 8 heteroatoms. The third-order valence-electron chi connectivity index (χ3n) is 7.69. The van der Waals surface area contributed by atoms with Crippen molar-refractivity contribution >= 4 is 28.3 Å². The first-order chi connectivity index (χ1) is 24.0. The molecule has 5 nitrogen and oxygen atoms in total. The fourth-order valence-corrected chi connectivity index (χ4v) is 6.64. The Balaban J connectivity index is 0.000000288. The predicted octanol–water partition coefficient (Wildman–Crippen LogP) is 11.9. The maximum absolute atomic E-state index is 13.8. The number of benzene rings is 2. The number of nitrogens with zero attached hydrogens (tertiary/aromatic N) is 5. The van der Waals surface area contributed by atoms with Crippen LogP contribution in [0.4, 0.5) is 4.39 Å². The molecule has 50 heavy (non-hydrogen) atoms. The normalized spacial score (nSPS) is 13.5. The van der Waals surface area contributed by atoms with Crippen LogP contribution >= 0.6 is 23.1 Å². The van der Waals surface area contributed by atoms with Crippen LogP contribution in [0, 0.1) is 6.92 Å². The first-order valence-corrected chi connectivity index (χ1v) is 19.5. The molecule has 0 radical (unpaired) electrons. The van der Waals surface area contributed by atoms with Gasteiger partial charge in [-0.1, -0.05) is 113 Å². The van der Waals surface area contributed by atoms with Crippen molar-refractivity contribution in [3.8, 4) is 11.1 Å². The predicted molar refractivity (Wildman–Crippen MR) is 215 cm³/mol. The SMILES string of the molecule is C=C(C)CN1C=C(Cc2cnc(CC)nc2)C(=CCC)N=C1SCc1csc(C)n1.CC.CCc1ccc(-c2ccc(C(C)(C)F)cc2)cc1. The lowest BCUT2D eigenvalue weighted by Gasteiger charge is -2.28. The molecular weight excluding hydrogens is 658 g/mol.